The molecule has 1 atom stereocenters. The molecule has 1 aromatic carbocycles. The van der Waals surface area contributed by atoms with E-state index in [4.69, 9.17) is 4.98 Å². The predicted molar refractivity (Wildman–Crippen MR) is 96.8 cm³/mol. The highest BCUT2D eigenvalue weighted by Crippen LogP contribution is 2.31. The van der Waals surface area contributed by atoms with Crippen LogP contribution < -0.4 is 0 Å². The number of rotatable bonds is 6. The van der Waals surface area contributed by atoms with Gasteiger partial charge in [0.05, 0.1) is 5.69 Å². The second-order valence-electron chi connectivity index (χ2n) is 7.16. The average molecular weight is 325 g/mol. The second kappa shape index (κ2) is 7.20. The summed E-state index contributed by atoms with van der Waals surface area (Å²) in [6.07, 6.45) is 2.62. The van der Waals surface area contributed by atoms with Gasteiger partial charge in [0.25, 0.3) is 0 Å². The Hall–Kier alpha value is -2.10. The monoisotopic (exact) mass is 325 g/mol. The minimum absolute atomic E-state index is 0.185. The topological polar surface area (TPSA) is 49.0 Å². The van der Waals surface area contributed by atoms with E-state index < -0.39 is 0 Å². The molecule has 0 radical (unpaired) electrons. The summed E-state index contributed by atoms with van der Waals surface area (Å²) >= 11 is 0. The molecule has 1 amide bonds. The van der Waals surface area contributed by atoms with Crippen molar-refractivity contribution in [2.75, 3.05) is 13.1 Å². The van der Waals surface area contributed by atoms with Crippen molar-refractivity contribution in [2.24, 2.45) is 5.92 Å². The Kier molecular flexibility index (Phi) is 5.03. The lowest BCUT2D eigenvalue weighted by atomic mass is 10.1. The number of aromatic amines is 1. The number of likely N-dealkylation sites (tertiary alicyclic amines) is 1. The van der Waals surface area contributed by atoms with Gasteiger partial charge in [0, 0.05) is 36.7 Å². The highest BCUT2D eigenvalue weighted by molar-refractivity contribution is 5.79. The number of carbonyl (C=O) groups excluding carboxylic acids is 1. The number of H-pyrrole nitrogens is 1. The van der Waals surface area contributed by atoms with Crippen LogP contribution in [0, 0.1) is 5.92 Å². The number of imidazole rings is 1. The summed E-state index contributed by atoms with van der Waals surface area (Å²) in [5, 5.41) is 0. The maximum atomic E-state index is 12.3. The molecule has 128 valence electrons. The van der Waals surface area contributed by atoms with Crippen molar-refractivity contribution in [3.8, 4) is 11.3 Å². The summed E-state index contributed by atoms with van der Waals surface area (Å²) in [4.78, 5) is 22.7. The first kappa shape index (κ1) is 16.7. The molecule has 4 heteroatoms. The van der Waals surface area contributed by atoms with Crippen LogP contribution in [-0.4, -0.2) is 33.9 Å². The molecule has 1 N–H and O–H groups in total. The molecule has 0 spiro atoms. The Bertz CT molecular complexity index is 690. The van der Waals surface area contributed by atoms with Gasteiger partial charge in [-0.3, -0.25) is 4.79 Å². The molecule has 0 aliphatic carbocycles. The number of hydrogen-bond donors (Lipinski definition) is 1. The molecule has 24 heavy (non-hydrogen) atoms. The van der Waals surface area contributed by atoms with Gasteiger partial charge < -0.3 is 9.88 Å². The molecule has 1 aromatic heterocycles. The molecule has 1 saturated heterocycles. The molecule has 0 saturated carbocycles. The number of nitrogens with one attached hydrogen (secondary N) is 1. The lowest BCUT2D eigenvalue weighted by molar-refractivity contribution is -0.128. The van der Waals surface area contributed by atoms with Gasteiger partial charge in [-0.2, -0.15) is 0 Å². The molecule has 1 aliphatic heterocycles. The standard InChI is InChI=1S/C20H27N3O/c1-4-8-17-19(15-9-6-5-7-10-15)22-20(21-17)16-11-18(24)23(13-16)12-14(2)3/h5-7,9-10,14,16H,4,8,11-13H2,1-3H3,(H,21,22). The quantitative estimate of drug-likeness (QED) is 0.872. The number of amides is 1. The minimum Gasteiger partial charge on any atom is -0.345 e. The minimum atomic E-state index is 0.185. The molecule has 2 aromatic rings. The first-order chi connectivity index (χ1) is 11.6. The van der Waals surface area contributed by atoms with Crippen LogP contribution in [0.25, 0.3) is 11.3 Å². The fourth-order valence-electron chi connectivity index (χ4n) is 3.46. The van der Waals surface area contributed by atoms with Crippen molar-refractivity contribution in [2.45, 2.75) is 46.0 Å². The summed E-state index contributed by atoms with van der Waals surface area (Å²) in [6, 6.07) is 10.3. The van der Waals surface area contributed by atoms with Gasteiger partial charge in [0.1, 0.15) is 5.82 Å². The zero-order valence-corrected chi connectivity index (χ0v) is 14.9. The maximum Gasteiger partial charge on any atom is 0.223 e. The van der Waals surface area contributed by atoms with Crippen molar-refractivity contribution in [3.05, 3.63) is 41.9 Å². The Balaban J connectivity index is 1.86. The molecule has 1 unspecified atom stereocenters. The number of aromatic nitrogens is 2. The molecular weight excluding hydrogens is 298 g/mol. The van der Waals surface area contributed by atoms with Crippen LogP contribution in [0.5, 0.6) is 0 Å². The van der Waals surface area contributed by atoms with Crippen molar-refractivity contribution in [1.29, 1.82) is 0 Å². The van der Waals surface area contributed by atoms with E-state index in [-0.39, 0.29) is 11.8 Å². The zero-order valence-electron chi connectivity index (χ0n) is 14.9. The van der Waals surface area contributed by atoms with Crippen molar-refractivity contribution >= 4 is 5.91 Å². The van der Waals surface area contributed by atoms with Crippen molar-refractivity contribution < 1.29 is 4.79 Å². The number of aryl methyl sites for hydroxylation is 1. The van der Waals surface area contributed by atoms with E-state index in [1.54, 1.807) is 0 Å². The Morgan fingerprint density at radius 2 is 2.04 bits per heavy atom. The molecule has 3 rings (SSSR count). The predicted octanol–water partition coefficient (Wildman–Crippen LogP) is 4.00. The van der Waals surface area contributed by atoms with Crippen molar-refractivity contribution in [1.82, 2.24) is 14.9 Å². The largest absolute Gasteiger partial charge is 0.345 e. The smallest absolute Gasteiger partial charge is 0.223 e. The molecule has 2 heterocycles. The molecule has 0 bridgehead atoms. The van der Waals surface area contributed by atoms with Gasteiger partial charge in [-0.1, -0.05) is 57.5 Å². The lowest BCUT2D eigenvalue weighted by Gasteiger charge is -2.18. The van der Waals surface area contributed by atoms with E-state index in [9.17, 15) is 4.79 Å². The number of benzene rings is 1. The molecular formula is C20H27N3O. The van der Waals surface area contributed by atoms with Crippen LogP contribution in [0.15, 0.2) is 30.3 Å². The van der Waals surface area contributed by atoms with Gasteiger partial charge in [-0.25, -0.2) is 4.98 Å². The Morgan fingerprint density at radius 1 is 1.29 bits per heavy atom. The van der Waals surface area contributed by atoms with E-state index in [1.165, 1.54) is 5.69 Å². The fraction of sp³-hybridized carbons (Fsp3) is 0.500. The normalized spacial score (nSPS) is 17.9. The summed E-state index contributed by atoms with van der Waals surface area (Å²) in [7, 11) is 0. The van der Waals surface area contributed by atoms with Crippen LogP contribution in [0.3, 0.4) is 0 Å². The number of carbonyl (C=O) groups is 1. The van der Waals surface area contributed by atoms with E-state index in [1.807, 2.05) is 23.1 Å². The van der Waals surface area contributed by atoms with E-state index in [0.29, 0.717) is 12.3 Å². The lowest BCUT2D eigenvalue weighted by Crippen LogP contribution is -2.29. The average Bonchev–Trinajstić information content (AvgIpc) is 3.13. The van der Waals surface area contributed by atoms with Crippen LogP contribution in [0.2, 0.25) is 0 Å². The SMILES string of the molecule is CCCc1[nH]c(C2CC(=O)N(CC(C)C)C2)nc1-c1ccccc1. The van der Waals surface area contributed by atoms with Gasteiger partial charge in [-0.15, -0.1) is 0 Å². The first-order valence-corrected chi connectivity index (χ1v) is 9.00. The number of hydrogen-bond acceptors (Lipinski definition) is 2. The Morgan fingerprint density at radius 3 is 2.71 bits per heavy atom. The summed E-state index contributed by atoms with van der Waals surface area (Å²) in [5.74, 6) is 1.91. The van der Waals surface area contributed by atoms with Crippen LogP contribution in [0.1, 0.15) is 51.0 Å². The third-order valence-electron chi connectivity index (χ3n) is 4.53. The van der Waals surface area contributed by atoms with Crippen LogP contribution in [0.4, 0.5) is 0 Å². The summed E-state index contributed by atoms with van der Waals surface area (Å²) in [5.41, 5.74) is 3.38. The van der Waals surface area contributed by atoms with Gasteiger partial charge >= 0.3 is 0 Å². The van der Waals surface area contributed by atoms with Crippen molar-refractivity contribution in [3.63, 3.8) is 0 Å². The second-order valence-corrected chi connectivity index (χ2v) is 7.16. The number of nitrogens with zero attached hydrogens (tertiary/aromatic N) is 2. The van der Waals surface area contributed by atoms with Gasteiger partial charge in [0.2, 0.25) is 5.91 Å². The van der Waals surface area contributed by atoms with E-state index >= 15 is 0 Å². The third kappa shape index (κ3) is 3.53. The first-order valence-electron chi connectivity index (χ1n) is 9.00. The van der Waals surface area contributed by atoms with Crippen LogP contribution in [-0.2, 0) is 11.2 Å². The van der Waals surface area contributed by atoms with Gasteiger partial charge in [-0.05, 0) is 12.3 Å². The third-order valence-corrected chi connectivity index (χ3v) is 4.53. The fourth-order valence-corrected chi connectivity index (χ4v) is 3.46. The Labute approximate surface area is 144 Å². The summed E-state index contributed by atoms with van der Waals surface area (Å²) < 4.78 is 0. The molecule has 1 aliphatic rings. The van der Waals surface area contributed by atoms with E-state index in [0.717, 1.165) is 43.0 Å². The summed E-state index contributed by atoms with van der Waals surface area (Å²) in [6.45, 7) is 8.10. The zero-order chi connectivity index (χ0) is 17.1. The van der Waals surface area contributed by atoms with Gasteiger partial charge in [0.15, 0.2) is 0 Å². The van der Waals surface area contributed by atoms with E-state index in [2.05, 4.69) is 37.9 Å². The van der Waals surface area contributed by atoms with Crippen LogP contribution >= 0.6 is 0 Å². The highest BCUT2D eigenvalue weighted by atomic mass is 16.2. The highest BCUT2D eigenvalue weighted by Gasteiger charge is 2.33. The molecule has 4 nitrogen and oxygen atoms in total. The molecule has 1 fully saturated rings. The maximum absolute atomic E-state index is 12.3.